The van der Waals surface area contributed by atoms with E-state index in [-0.39, 0.29) is 17.1 Å². The summed E-state index contributed by atoms with van der Waals surface area (Å²) >= 11 is 0. The predicted octanol–water partition coefficient (Wildman–Crippen LogP) is 1.36. The second-order valence-electron chi connectivity index (χ2n) is 4.61. The lowest BCUT2D eigenvalue weighted by Crippen LogP contribution is -2.33. The van der Waals surface area contributed by atoms with Gasteiger partial charge in [0, 0.05) is 24.9 Å². The van der Waals surface area contributed by atoms with Gasteiger partial charge < -0.3 is 0 Å². The molecule has 0 aliphatic heterocycles. The number of hydroxylamine groups is 2. The highest BCUT2D eigenvalue weighted by Crippen LogP contribution is 2.25. The van der Waals surface area contributed by atoms with E-state index in [1.165, 1.54) is 5.06 Å². The molecule has 0 unspecified atom stereocenters. The molecule has 0 saturated heterocycles. The number of Topliss-reactive ketones (excluding diaryl/α,β-unsaturated/α-hetero) is 1. The molecule has 0 aliphatic rings. The van der Waals surface area contributed by atoms with Gasteiger partial charge in [-0.1, -0.05) is 27.7 Å². The number of nitrogens with zero attached hydrogens (tertiary/aromatic N) is 1. The Morgan fingerprint density at radius 1 is 1.50 bits per heavy atom. The lowest BCUT2D eigenvalue weighted by molar-refractivity contribution is -0.151. The van der Waals surface area contributed by atoms with Gasteiger partial charge in [-0.15, -0.1) is 0 Å². The van der Waals surface area contributed by atoms with Crippen LogP contribution in [0.3, 0.4) is 0 Å². The van der Waals surface area contributed by atoms with Gasteiger partial charge in [0.2, 0.25) is 0 Å². The molecule has 4 heteroatoms. The summed E-state index contributed by atoms with van der Waals surface area (Å²) in [4.78, 5) is 16.3. The molecule has 0 heterocycles. The smallest absolute Gasteiger partial charge is 0.141 e. The van der Waals surface area contributed by atoms with E-state index in [4.69, 9.17) is 5.90 Å². The van der Waals surface area contributed by atoms with Gasteiger partial charge in [-0.05, 0) is 6.42 Å². The third kappa shape index (κ3) is 4.17. The second kappa shape index (κ2) is 5.44. The molecule has 84 valence electrons. The second-order valence-corrected chi connectivity index (χ2v) is 4.61. The van der Waals surface area contributed by atoms with Crippen molar-refractivity contribution in [1.82, 2.24) is 5.06 Å². The minimum Gasteiger partial charge on any atom is -0.299 e. The SMILES string of the molecule is CC(C)C(=O)C(C)(C)CCN(C)ON. The van der Waals surface area contributed by atoms with Crippen LogP contribution < -0.4 is 5.90 Å². The molecule has 14 heavy (non-hydrogen) atoms. The fourth-order valence-electron chi connectivity index (χ4n) is 1.39. The van der Waals surface area contributed by atoms with Crippen LogP contribution in [0.2, 0.25) is 0 Å². The monoisotopic (exact) mass is 202 g/mol. The summed E-state index contributed by atoms with van der Waals surface area (Å²) in [7, 11) is 1.75. The Balaban J connectivity index is 4.13. The first-order valence-corrected chi connectivity index (χ1v) is 4.93. The Morgan fingerprint density at radius 3 is 2.36 bits per heavy atom. The first-order chi connectivity index (χ1) is 6.31. The number of rotatable bonds is 6. The Kier molecular flexibility index (Phi) is 5.26. The van der Waals surface area contributed by atoms with Crippen molar-refractivity contribution in [2.45, 2.75) is 34.1 Å². The molecule has 0 atom stereocenters. The molecule has 0 amide bonds. The van der Waals surface area contributed by atoms with Crippen molar-refractivity contribution in [3.05, 3.63) is 0 Å². The number of hydrogen-bond acceptors (Lipinski definition) is 4. The summed E-state index contributed by atoms with van der Waals surface area (Å²) in [5.41, 5.74) is -0.305. The molecule has 2 N–H and O–H groups in total. The third-order valence-electron chi connectivity index (χ3n) is 2.42. The quantitative estimate of drug-likeness (QED) is 0.661. The molecule has 0 saturated carbocycles. The third-order valence-corrected chi connectivity index (χ3v) is 2.42. The van der Waals surface area contributed by atoms with Crippen molar-refractivity contribution in [2.24, 2.45) is 17.2 Å². The Hall–Kier alpha value is -0.450. The Morgan fingerprint density at radius 2 is 2.00 bits per heavy atom. The van der Waals surface area contributed by atoms with Crippen LogP contribution >= 0.6 is 0 Å². The minimum absolute atomic E-state index is 0.0779. The van der Waals surface area contributed by atoms with Gasteiger partial charge in [-0.25, -0.2) is 4.94 Å². The van der Waals surface area contributed by atoms with Crippen LogP contribution in [0.5, 0.6) is 0 Å². The van der Waals surface area contributed by atoms with E-state index in [2.05, 4.69) is 4.94 Å². The first-order valence-electron chi connectivity index (χ1n) is 4.93. The molecular weight excluding hydrogens is 180 g/mol. The van der Waals surface area contributed by atoms with E-state index in [0.717, 1.165) is 6.42 Å². The van der Waals surface area contributed by atoms with Crippen molar-refractivity contribution in [3.8, 4) is 0 Å². The normalized spacial score (nSPS) is 12.6. The van der Waals surface area contributed by atoms with Gasteiger partial charge in [-0.3, -0.25) is 4.79 Å². The van der Waals surface area contributed by atoms with Crippen molar-refractivity contribution < 1.29 is 9.73 Å². The summed E-state index contributed by atoms with van der Waals surface area (Å²) in [6.45, 7) is 8.42. The maximum atomic E-state index is 11.8. The zero-order valence-electron chi connectivity index (χ0n) is 9.83. The molecular formula is C10H22N2O2. The van der Waals surface area contributed by atoms with Gasteiger partial charge in [0.1, 0.15) is 5.78 Å². The molecule has 0 aromatic heterocycles. The zero-order chi connectivity index (χ0) is 11.4. The van der Waals surface area contributed by atoms with Crippen LogP contribution in [0.1, 0.15) is 34.1 Å². The largest absolute Gasteiger partial charge is 0.299 e. The van der Waals surface area contributed by atoms with E-state index in [1.807, 2.05) is 27.7 Å². The van der Waals surface area contributed by atoms with Crippen LogP contribution in [0, 0.1) is 11.3 Å². The van der Waals surface area contributed by atoms with Gasteiger partial charge in [-0.2, -0.15) is 11.0 Å². The standard InChI is InChI=1S/C10H22N2O2/c1-8(2)9(13)10(3,4)6-7-12(5)14-11/h8H,6-7,11H2,1-5H3. The van der Waals surface area contributed by atoms with Crippen molar-refractivity contribution in [1.29, 1.82) is 0 Å². The lowest BCUT2D eigenvalue weighted by atomic mass is 9.80. The molecule has 0 aromatic rings. The number of nitrogens with two attached hydrogens (primary N) is 1. The molecule has 0 bridgehead atoms. The van der Waals surface area contributed by atoms with E-state index in [9.17, 15) is 4.79 Å². The fraction of sp³-hybridized carbons (Fsp3) is 0.900. The van der Waals surface area contributed by atoms with E-state index in [0.29, 0.717) is 6.54 Å². The Labute approximate surface area is 86.3 Å². The summed E-state index contributed by atoms with van der Waals surface area (Å²) < 4.78 is 0. The highest BCUT2D eigenvalue weighted by molar-refractivity contribution is 5.85. The van der Waals surface area contributed by atoms with Gasteiger partial charge in [0.25, 0.3) is 0 Å². The van der Waals surface area contributed by atoms with Gasteiger partial charge in [0.15, 0.2) is 0 Å². The molecule has 0 fully saturated rings. The van der Waals surface area contributed by atoms with Crippen molar-refractivity contribution in [3.63, 3.8) is 0 Å². The van der Waals surface area contributed by atoms with E-state index < -0.39 is 0 Å². The van der Waals surface area contributed by atoms with Crippen LogP contribution in [-0.4, -0.2) is 24.4 Å². The summed E-state index contributed by atoms with van der Waals surface area (Å²) in [6, 6.07) is 0. The van der Waals surface area contributed by atoms with E-state index >= 15 is 0 Å². The average Bonchev–Trinajstić information content (AvgIpc) is 2.12. The Bertz CT molecular complexity index is 191. The maximum absolute atomic E-state index is 11.8. The lowest BCUT2D eigenvalue weighted by Gasteiger charge is -2.26. The summed E-state index contributed by atoms with van der Waals surface area (Å²) in [5, 5.41) is 1.52. The number of carbonyl (C=O) groups is 1. The molecule has 0 aromatic carbocycles. The summed E-state index contributed by atoms with van der Waals surface area (Å²) in [5.74, 6) is 5.34. The number of carbonyl (C=O) groups excluding carboxylic acids is 1. The highest BCUT2D eigenvalue weighted by atomic mass is 16.8. The molecule has 4 nitrogen and oxygen atoms in total. The average molecular weight is 202 g/mol. The fourth-order valence-corrected chi connectivity index (χ4v) is 1.39. The van der Waals surface area contributed by atoms with Crippen LogP contribution in [0.4, 0.5) is 0 Å². The summed E-state index contributed by atoms with van der Waals surface area (Å²) in [6.07, 6.45) is 0.748. The van der Waals surface area contributed by atoms with E-state index in [1.54, 1.807) is 7.05 Å². The molecule has 0 radical (unpaired) electrons. The predicted molar refractivity (Wildman–Crippen MR) is 56.1 cm³/mol. The number of ketones is 1. The van der Waals surface area contributed by atoms with Crippen LogP contribution in [0.25, 0.3) is 0 Å². The first kappa shape index (κ1) is 13.5. The van der Waals surface area contributed by atoms with Crippen LogP contribution in [-0.2, 0) is 9.73 Å². The van der Waals surface area contributed by atoms with Gasteiger partial charge in [0.05, 0.1) is 0 Å². The van der Waals surface area contributed by atoms with Gasteiger partial charge >= 0.3 is 0 Å². The zero-order valence-corrected chi connectivity index (χ0v) is 9.83. The maximum Gasteiger partial charge on any atom is 0.141 e. The topological polar surface area (TPSA) is 55.6 Å². The molecule has 0 spiro atoms. The van der Waals surface area contributed by atoms with Crippen molar-refractivity contribution >= 4 is 5.78 Å². The van der Waals surface area contributed by atoms with Crippen LogP contribution in [0.15, 0.2) is 0 Å². The number of hydrogen-bond donors (Lipinski definition) is 1. The molecule has 0 aliphatic carbocycles. The molecule has 0 rings (SSSR count). The highest BCUT2D eigenvalue weighted by Gasteiger charge is 2.29. The minimum atomic E-state index is -0.305. The van der Waals surface area contributed by atoms with Crippen molar-refractivity contribution in [2.75, 3.05) is 13.6 Å².